The molecule has 9 aromatic rings. The molecule has 0 heterocycles. The molecule has 0 saturated heterocycles. The molecule has 0 amide bonds. The first kappa shape index (κ1) is 36.0. The molecule has 0 aliphatic heterocycles. The third kappa shape index (κ3) is 6.89. The molecular weight excluding hydrogens is 713 g/mol. The number of hydrogen-bond donors (Lipinski definition) is 1. The molecule has 0 saturated carbocycles. The van der Waals surface area contributed by atoms with Crippen molar-refractivity contribution in [2.75, 3.05) is 10.2 Å². The molecule has 0 atom stereocenters. The smallest absolute Gasteiger partial charge is 0.0468 e. The first-order chi connectivity index (χ1) is 29.0. The number of anilines is 5. The van der Waals surface area contributed by atoms with E-state index in [2.05, 4.69) is 242 Å². The second-order valence-corrected chi connectivity index (χ2v) is 15.9. The maximum Gasteiger partial charge on any atom is 0.0468 e. The average molecular weight is 757 g/mol. The Balaban J connectivity index is 0.975. The van der Waals surface area contributed by atoms with E-state index in [1.807, 2.05) is 6.07 Å². The van der Waals surface area contributed by atoms with Crippen molar-refractivity contribution in [2.24, 2.45) is 0 Å². The molecule has 0 bridgehead atoms. The van der Waals surface area contributed by atoms with Gasteiger partial charge >= 0.3 is 0 Å². The number of hydrogen-bond acceptors (Lipinski definition) is 2. The van der Waals surface area contributed by atoms with Crippen molar-refractivity contribution in [1.82, 2.24) is 0 Å². The molecule has 1 aliphatic carbocycles. The predicted molar refractivity (Wildman–Crippen MR) is 250 cm³/mol. The molecule has 0 radical (unpaired) electrons. The lowest BCUT2D eigenvalue weighted by Gasteiger charge is -2.27. The molecule has 0 spiro atoms. The zero-order valence-electron chi connectivity index (χ0n) is 33.3. The Morgan fingerprint density at radius 2 is 0.763 bits per heavy atom. The third-order valence-corrected chi connectivity index (χ3v) is 11.9. The zero-order valence-corrected chi connectivity index (χ0v) is 33.3. The third-order valence-electron chi connectivity index (χ3n) is 11.9. The molecule has 2 heteroatoms. The molecule has 1 aliphatic rings. The van der Waals surface area contributed by atoms with Crippen LogP contribution in [0.5, 0.6) is 0 Å². The quantitative estimate of drug-likeness (QED) is 0.158. The van der Waals surface area contributed by atoms with Crippen molar-refractivity contribution >= 4 is 28.4 Å². The summed E-state index contributed by atoms with van der Waals surface area (Å²) in [7, 11) is 0. The highest BCUT2D eigenvalue weighted by molar-refractivity contribution is 5.88. The number of para-hydroxylation sites is 1. The minimum Gasteiger partial charge on any atom is -0.355 e. The molecule has 0 unspecified atom stereocenters. The van der Waals surface area contributed by atoms with Gasteiger partial charge in [-0.25, -0.2) is 0 Å². The summed E-state index contributed by atoms with van der Waals surface area (Å²) in [4.78, 5) is 2.39. The summed E-state index contributed by atoms with van der Waals surface area (Å²) in [5, 5.41) is 3.64. The van der Waals surface area contributed by atoms with Gasteiger partial charge in [0.15, 0.2) is 0 Å². The topological polar surface area (TPSA) is 15.3 Å². The number of fused-ring (bicyclic) bond motifs is 3. The van der Waals surface area contributed by atoms with Crippen molar-refractivity contribution in [1.29, 1.82) is 0 Å². The second-order valence-electron chi connectivity index (χ2n) is 15.9. The number of nitrogens with zero attached hydrogens (tertiary/aromatic N) is 1. The Labute approximate surface area is 347 Å². The maximum atomic E-state index is 3.64. The number of benzene rings is 9. The molecule has 1 N–H and O–H groups in total. The van der Waals surface area contributed by atoms with Gasteiger partial charge in [0.25, 0.3) is 0 Å². The van der Waals surface area contributed by atoms with Crippen LogP contribution in [0.15, 0.2) is 224 Å². The highest BCUT2D eigenvalue weighted by atomic mass is 15.1. The summed E-state index contributed by atoms with van der Waals surface area (Å²) < 4.78 is 0. The average Bonchev–Trinajstić information content (AvgIpc) is 3.53. The van der Waals surface area contributed by atoms with Gasteiger partial charge in [-0.2, -0.15) is 0 Å². The van der Waals surface area contributed by atoms with Crippen LogP contribution in [0.2, 0.25) is 0 Å². The van der Waals surface area contributed by atoms with Crippen molar-refractivity contribution in [3.8, 4) is 55.6 Å². The van der Waals surface area contributed by atoms with E-state index in [0.717, 1.165) is 28.4 Å². The highest BCUT2D eigenvalue weighted by Crippen LogP contribution is 2.50. The van der Waals surface area contributed by atoms with Gasteiger partial charge in [0.05, 0.1) is 0 Å². The van der Waals surface area contributed by atoms with E-state index < -0.39 is 0 Å². The minimum atomic E-state index is -0.0446. The summed E-state index contributed by atoms with van der Waals surface area (Å²) in [6, 6.07) is 81.0. The summed E-state index contributed by atoms with van der Waals surface area (Å²) in [5.74, 6) is 0. The maximum absolute atomic E-state index is 3.64. The molecule has 0 aromatic heterocycles. The van der Waals surface area contributed by atoms with Gasteiger partial charge < -0.3 is 10.2 Å². The normalized spacial score (nSPS) is 12.4. The monoisotopic (exact) mass is 756 g/mol. The van der Waals surface area contributed by atoms with Crippen LogP contribution in [0.1, 0.15) is 25.0 Å². The minimum absolute atomic E-state index is 0.0446. The lowest BCUT2D eigenvalue weighted by atomic mass is 9.82. The van der Waals surface area contributed by atoms with Crippen molar-refractivity contribution in [3.05, 3.63) is 236 Å². The van der Waals surface area contributed by atoms with Gasteiger partial charge in [-0.05, 0) is 122 Å². The second kappa shape index (κ2) is 15.2. The Hall–Kier alpha value is -7.42. The SMILES string of the molecule is CC1(C)c2ccccc2-c2cc(N(c3ccc(-c4ccccc4)cc3)c3ccc(-c4ccc(-c5ccc(Nc6ccccc6)c(-c6ccccc6)c5)cc4)cc3)ccc21. The van der Waals surface area contributed by atoms with Crippen LogP contribution in [0.3, 0.4) is 0 Å². The summed E-state index contributed by atoms with van der Waals surface area (Å²) >= 11 is 0. The summed E-state index contributed by atoms with van der Waals surface area (Å²) in [5.41, 5.74) is 20.3. The fourth-order valence-corrected chi connectivity index (χ4v) is 8.75. The summed E-state index contributed by atoms with van der Waals surface area (Å²) in [6.07, 6.45) is 0. The molecule has 282 valence electrons. The molecular formula is C57H44N2. The van der Waals surface area contributed by atoms with E-state index in [1.165, 1.54) is 66.8 Å². The van der Waals surface area contributed by atoms with Crippen LogP contribution in [0.4, 0.5) is 28.4 Å². The van der Waals surface area contributed by atoms with Crippen LogP contribution in [0.25, 0.3) is 55.6 Å². The van der Waals surface area contributed by atoms with E-state index in [9.17, 15) is 0 Å². The molecule has 2 nitrogen and oxygen atoms in total. The first-order valence-electron chi connectivity index (χ1n) is 20.4. The van der Waals surface area contributed by atoms with Gasteiger partial charge in [-0.1, -0.05) is 178 Å². The Kier molecular flexibility index (Phi) is 9.24. The largest absolute Gasteiger partial charge is 0.355 e. The fourth-order valence-electron chi connectivity index (χ4n) is 8.75. The van der Waals surface area contributed by atoms with Crippen molar-refractivity contribution in [2.45, 2.75) is 19.3 Å². The first-order valence-corrected chi connectivity index (χ1v) is 20.4. The van der Waals surface area contributed by atoms with Crippen molar-refractivity contribution in [3.63, 3.8) is 0 Å². The van der Waals surface area contributed by atoms with Crippen LogP contribution < -0.4 is 10.2 Å². The number of rotatable bonds is 9. The van der Waals surface area contributed by atoms with Gasteiger partial charge in [0.1, 0.15) is 0 Å². The van der Waals surface area contributed by atoms with Crippen molar-refractivity contribution < 1.29 is 0 Å². The Morgan fingerprint density at radius 3 is 1.37 bits per heavy atom. The standard InChI is InChI=1S/C57H44N2/c1-57(2)54-21-13-12-20-51(54)53-39-50(35-36-55(53)57)59(48-31-26-42(27-32-48)40-14-6-3-7-15-40)49-33-28-43(29-34-49)41-22-24-44(25-23-41)46-30-37-56(58-47-18-10-5-11-19-47)52(38-46)45-16-8-4-9-17-45/h3-39,58H,1-2H3. The van der Waals surface area contributed by atoms with Crippen LogP contribution >= 0.6 is 0 Å². The Morgan fingerprint density at radius 1 is 0.322 bits per heavy atom. The molecule has 9 aromatic carbocycles. The number of nitrogens with one attached hydrogen (secondary N) is 1. The lowest BCUT2D eigenvalue weighted by Crippen LogP contribution is -2.15. The Bertz CT molecular complexity index is 2880. The van der Waals surface area contributed by atoms with Gasteiger partial charge in [-0.3, -0.25) is 0 Å². The van der Waals surface area contributed by atoms with E-state index in [4.69, 9.17) is 0 Å². The van der Waals surface area contributed by atoms with E-state index in [0.29, 0.717) is 0 Å². The summed E-state index contributed by atoms with van der Waals surface area (Å²) in [6.45, 7) is 4.68. The fraction of sp³-hybridized carbons (Fsp3) is 0.0526. The van der Waals surface area contributed by atoms with E-state index in [1.54, 1.807) is 0 Å². The van der Waals surface area contributed by atoms with Gasteiger partial charge in [0.2, 0.25) is 0 Å². The van der Waals surface area contributed by atoms with Gasteiger partial charge in [-0.15, -0.1) is 0 Å². The molecule has 59 heavy (non-hydrogen) atoms. The highest BCUT2D eigenvalue weighted by Gasteiger charge is 2.35. The molecule has 10 rings (SSSR count). The predicted octanol–water partition coefficient (Wildman–Crippen LogP) is 15.9. The van der Waals surface area contributed by atoms with Crippen LogP contribution in [-0.2, 0) is 5.41 Å². The zero-order chi connectivity index (χ0) is 39.8. The van der Waals surface area contributed by atoms with E-state index in [-0.39, 0.29) is 5.41 Å². The lowest BCUT2D eigenvalue weighted by molar-refractivity contribution is 0.660. The van der Waals surface area contributed by atoms with Gasteiger partial charge in [0, 0.05) is 39.4 Å². The van der Waals surface area contributed by atoms with E-state index >= 15 is 0 Å². The van der Waals surface area contributed by atoms with Crippen LogP contribution in [-0.4, -0.2) is 0 Å². The van der Waals surface area contributed by atoms with Crippen LogP contribution in [0, 0.1) is 0 Å². The molecule has 0 fully saturated rings.